The summed E-state index contributed by atoms with van der Waals surface area (Å²) < 4.78 is 27.2. The van der Waals surface area contributed by atoms with Gasteiger partial charge in [-0.1, -0.05) is 24.6 Å². The number of benzene rings is 1. The van der Waals surface area contributed by atoms with E-state index in [0.29, 0.717) is 37.0 Å². The molecule has 1 amide bonds. The maximum absolute atomic E-state index is 13.0. The molecule has 1 atom stereocenters. The molecule has 2 heterocycles. The van der Waals surface area contributed by atoms with Crippen molar-refractivity contribution in [2.24, 2.45) is 5.92 Å². The van der Waals surface area contributed by atoms with E-state index in [2.05, 4.69) is 6.92 Å². The van der Waals surface area contributed by atoms with Crippen molar-refractivity contribution in [1.82, 2.24) is 9.21 Å². The number of sulfonamides is 1. The number of carbonyl (C=O) groups is 1. The van der Waals surface area contributed by atoms with Crippen LogP contribution in [0.5, 0.6) is 0 Å². The molecule has 2 aliphatic rings. The third kappa shape index (κ3) is 3.63. The zero-order chi connectivity index (χ0) is 19.9. The summed E-state index contributed by atoms with van der Waals surface area (Å²) in [5.74, 6) is 0.740. The second kappa shape index (κ2) is 7.61. The Morgan fingerprint density at radius 1 is 1.11 bits per heavy atom. The Morgan fingerprint density at radius 3 is 2.46 bits per heavy atom. The smallest absolute Gasteiger partial charge is 0.255 e. The molecule has 5 nitrogen and oxygen atoms in total. The summed E-state index contributed by atoms with van der Waals surface area (Å²) in [6.07, 6.45) is 3.17. The Morgan fingerprint density at radius 2 is 1.79 bits per heavy atom. The summed E-state index contributed by atoms with van der Waals surface area (Å²) in [6, 6.07) is 6.93. The van der Waals surface area contributed by atoms with E-state index in [1.165, 1.54) is 14.7 Å². The van der Waals surface area contributed by atoms with Gasteiger partial charge in [-0.15, -0.1) is 11.3 Å². The number of rotatable bonds is 3. The molecule has 0 saturated carbocycles. The molecule has 4 rings (SSSR count). The summed E-state index contributed by atoms with van der Waals surface area (Å²) in [6.45, 7) is 5.75. The number of hydrogen-bond donors (Lipinski definition) is 0. The largest absolute Gasteiger partial charge is 0.336 e. The highest BCUT2D eigenvalue weighted by Crippen LogP contribution is 2.33. The summed E-state index contributed by atoms with van der Waals surface area (Å²) in [7, 11) is -3.50. The topological polar surface area (TPSA) is 57.7 Å². The number of piperazine rings is 1. The van der Waals surface area contributed by atoms with Crippen molar-refractivity contribution in [2.75, 3.05) is 26.2 Å². The molecule has 1 aromatic heterocycles. The first-order valence-electron chi connectivity index (χ1n) is 9.81. The van der Waals surface area contributed by atoms with Crippen LogP contribution in [0.1, 0.15) is 39.7 Å². The van der Waals surface area contributed by atoms with Gasteiger partial charge in [0.05, 0.1) is 10.5 Å². The van der Waals surface area contributed by atoms with Crippen LogP contribution in [0, 0.1) is 12.8 Å². The Balaban J connectivity index is 1.44. The molecule has 0 N–H and O–H groups in total. The summed E-state index contributed by atoms with van der Waals surface area (Å²) in [5, 5.41) is 2.00. The average molecular weight is 419 g/mol. The lowest BCUT2D eigenvalue weighted by Gasteiger charge is -2.34. The third-order valence-corrected chi connectivity index (χ3v) is 8.78. The van der Waals surface area contributed by atoms with Crippen LogP contribution in [0.3, 0.4) is 0 Å². The van der Waals surface area contributed by atoms with E-state index in [4.69, 9.17) is 0 Å². The lowest BCUT2D eigenvalue weighted by Crippen LogP contribution is -2.50. The minimum absolute atomic E-state index is 0.0550. The molecular formula is C21H26N2O3S2. The number of aryl methyl sites for hydroxylation is 1. The van der Waals surface area contributed by atoms with Crippen LogP contribution in [0.25, 0.3) is 0 Å². The molecule has 1 saturated heterocycles. The van der Waals surface area contributed by atoms with E-state index in [0.717, 1.165) is 30.4 Å². The highest BCUT2D eigenvalue weighted by Gasteiger charge is 2.32. The lowest BCUT2D eigenvalue weighted by atomic mass is 9.88. The highest BCUT2D eigenvalue weighted by atomic mass is 32.2. The number of hydrogen-bond acceptors (Lipinski definition) is 4. The SMILES string of the molecule is Cc1ccc(S(=O)(=O)N2CCN(C(=O)c3csc4c3CC[C@H](C)C4)CC2)cc1. The molecule has 0 spiro atoms. The first kappa shape index (κ1) is 19.6. The van der Waals surface area contributed by atoms with Gasteiger partial charge in [0.25, 0.3) is 5.91 Å². The minimum Gasteiger partial charge on any atom is -0.336 e. The molecule has 1 fully saturated rings. The molecular weight excluding hydrogens is 392 g/mol. The van der Waals surface area contributed by atoms with Crippen molar-refractivity contribution in [3.63, 3.8) is 0 Å². The highest BCUT2D eigenvalue weighted by molar-refractivity contribution is 7.89. The van der Waals surface area contributed by atoms with Crippen LogP contribution >= 0.6 is 11.3 Å². The Labute approximate surface area is 171 Å². The molecule has 1 aromatic carbocycles. The fourth-order valence-corrected chi connectivity index (χ4v) is 6.68. The van der Waals surface area contributed by atoms with Gasteiger partial charge < -0.3 is 4.90 Å². The molecule has 2 aromatic rings. The monoisotopic (exact) mass is 418 g/mol. The van der Waals surface area contributed by atoms with Gasteiger partial charge in [0, 0.05) is 36.4 Å². The van der Waals surface area contributed by atoms with E-state index in [9.17, 15) is 13.2 Å². The van der Waals surface area contributed by atoms with Crippen LogP contribution < -0.4 is 0 Å². The van der Waals surface area contributed by atoms with Crippen LogP contribution in [0.4, 0.5) is 0 Å². The van der Waals surface area contributed by atoms with Crippen molar-refractivity contribution >= 4 is 27.3 Å². The fourth-order valence-electron chi connectivity index (χ4n) is 4.02. The van der Waals surface area contributed by atoms with Crippen LogP contribution in [0.15, 0.2) is 34.5 Å². The lowest BCUT2D eigenvalue weighted by molar-refractivity contribution is 0.0697. The Hall–Kier alpha value is -1.70. The van der Waals surface area contributed by atoms with Crippen molar-refractivity contribution in [3.8, 4) is 0 Å². The summed E-state index contributed by atoms with van der Waals surface area (Å²) in [5.41, 5.74) is 3.09. The summed E-state index contributed by atoms with van der Waals surface area (Å²) >= 11 is 1.70. The zero-order valence-corrected chi connectivity index (χ0v) is 18.0. The van der Waals surface area contributed by atoms with Gasteiger partial charge in [0.15, 0.2) is 0 Å². The number of thiophene rings is 1. The maximum Gasteiger partial charge on any atom is 0.255 e. The predicted octanol–water partition coefficient (Wildman–Crippen LogP) is 3.33. The number of carbonyl (C=O) groups excluding carboxylic acids is 1. The zero-order valence-electron chi connectivity index (χ0n) is 16.3. The maximum atomic E-state index is 13.0. The van der Waals surface area contributed by atoms with Gasteiger partial charge in [-0.3, -0.25) is 4.79 Å². The second-order valence-corrected chi connectivity index (χ2v) is 10.8. The summed E-state index contributed by atoms with van der Waals surface area (Å²) in [4.78, 5) is 16.5. The quantitative estimate of drug-likeness (QED) is 0.768. The number of amides is 1. The molecule has 28 heavy (non-hydrogen) atoms. The van der Waals surface area contributed by atoms with Crippen molar-refractivity contribution in [1.29, 1.82) is 0 Å². The van der Waals surface area contributed by atoms with E-state index in [-0.39, 0.29) is 5.91 Å². The Kier molecular flexibility index (Phi) is 5.33. The number of nitrogens with zero attached hydrogens (tertiary/aromatic N) is 2. The predicted molar refractivity (Wildman–Crippen MR) is 111 cm³/mol. The van der Waals surface area contributed by atoms with E-state index in [1.54, 1.807) is 23.5 Å². The van der Waals surface area contributed by atoms with Crippen LogP contribution in [-0.4, -0.2) is 49.7 Å². The van der Waals surface area contributed by atoms with Gasteiger partial charge in [-0.25, -0.2) is 8.42 Å². The standard InChI is InChI=1S/C21H26N2O3S2/c1-15-3-6-17(7-4-15)28(25,26)23-11-9-22(10-12-23)21(24)19-14-27-20-13-16(2)5-8-18(19)20/h3-4,6-7,14,16H,5,8-13H2,1-2H3/t16-/m0/s1. The molecule has 150 valence electrons. The molecule has 0 bridgehead atoms. The van der Waals surface area contributed by atoms with Gasteiger partial charge in [-0.2, -0.15) is 4.31 Å². The fraction of sp³-hybridized carbons (Fsp3) is 0.476. The molecule has 0 unspecified atom stereocenters. The van der Waals surface area contributed by atoms with E-state index < -0.39 is 10.0 Å². The first-order chi connectivity index (χ1) is 13.4. The van der Waals surface area contributed by atoms with Crippen molar-refractivity contribution in [3.05, 3.63) is 51.2 Å². The average Bonchev–Trinajstić information content (AvgIpc) is 3.11. The normalized spacial score (nSPS) is 20.8. The number of fused-ring (bicyclic) bond motifs is 1. The van der Waals surface area contributed by atoms with Gasteiger partial charge >= 0.3 is 0 Å². The van der Waals surface area contributed by atoms with Gasteiger partial charge in [0.1, 0.15) is 0 Å². The van der Waals surface area contributed by atoms with Crippen molar-refractivity contribution < 1.29 is 13.2 Å². The van der Waals surface area contributed by atoms with Crippen molar-refractivity contribution in [2.45, 2.75) is 38.0 Å². The van der Waals surface area contributed by atoms with E-state index in [1.807, 2.05) is 29.3 Å². The van der Waals surface area contributed by atoms with Gasteiger partial charge in [0.2, 0.25) is 10.0 Å². The third-order valence-electron chi connectivity index (χ3n) is 5.82. The minimum atomic E-state index is -3.50. The molecule has 1 aliphatic carbocycles. The van der Waals surface area contributed by atoms with E-state index >= 15 is 0 Å². The second-order valence-electron chi connectivity index (χ2n) is 7.91. The van der Waals surface area contributed by atoms with Crippen LogP contribution in [-0.2, 0) is 22.9 Å². The first-order valence-corrected chi connectivity index (χ1v) is 12.1. The molecule has 7 heteroatoms. The molecule has 0 radical (unpaired) electrons. The molecule has 1 aliphatic heterocycles. The van der Waals surface area contributed by atoms with Gasteiger partial charge in [-0.05, 0) is 49.8 Å². The Bertz CT molecular complexity index is 972. The van der Waals surface area contributed by atoms with Crippen LogP contribution in [0.2, 0.25) is 0 Å².